The minimum Gasteiger partial charge on any atom is -0.508 e. The van der Waals surface area contributed by atoms with Crippen LogP contribution in [0.2, 0.25) is 5.02 Å². The number of carbonyl (C=O) groups excluding carboxylic acids is 2. The largest absolute Gasteiger partial charge is 0.508 e. The van der Waals surface area contributed by atoms with Gasteiger partial charge in [-0.2, -0.15) is 13.2 Å². The first-order valence-electron chi connectivity index (χ1n) is 19.1. The molecule has 3 aliphatic heterocycles. The van der Waals surface area contributed by atoms with Crippen molar-refractivity contribution in [3.8, 4) is 17.0 Å². The van der Waals surface area contributed by atoms with E-state index in [2.05, 4.69) is 9.47 Å². The third-order valence-corrected chi connectivity index (χ3v) is 12.4. The molecule has 4 aromatic carbocycles. The quantitative estimate of drug-likeness (QED) is 0.157. The van der Waals surface area contributed by atoms with E-state index in [9.17, 15) is 27.9 Å². The Balaban J connectivity index is 1.21. The number of halogens is 4. The molecular weight excluding hydrogens is 773 g/mol. The Labute approximate surface area is 338 Å². The van der Waals surface area contributed by atoms with Gasteiger partial charge in [0, 0.05) is 82.6 Å². The lowest BCUT2D eigenvalue weighted by atomic mass is 9.92. The van der Waals surface area contributed by atoms with Crippen LogP contribution in [0.1, 0.15) is 55.9 Å². The van der Waals surface area contributed by atoms with E-state index in [1.54, 1.807) is 12.3 Å². The number of morpholine rings is 1. The van der Waals surface area contributed by atoms with E-state index >= 15 is 0 Å². The smallest absolute Gasteiger partial charge is 0.417 e. The molecule has 0 aliphatic carbocycles. The van der Waals surface area contributed by atoms with Crippen LogP contribution in [0.3, 0.4) is 0 Å². The highest BCUT2D eigenvalue weighted by Crippen LogP contribution is 2.42. The highest BCUT2D eigenvalue weighted by atomic mass is 35.5. The molecule has 13 heteroatoms. The first kappa shape index (κ1) is 39.1. The zero-order valence-electron chi connectivity index (χ0n) is 31.4. The van der Waals surface area contributed by atoms with Crippen LogP contribution in [-0.4, -0.2) is 76.4 Å². The second-order valence-corrected chi connectivity index (χ2v) is 15.9. The monoisotopic (exact) mass is 814 g/mol. The Bertz CT molecular complexity index is 2310. The predicted molar refractivity (Wildman–Crippen MR) is 217 cm³/mol. The van der Waals surface area contributed by atoms with Crippen molar-refractivity contribution in [3.05, 3.63) is 130 Å². The molecule has 0 radical (unpaired) electrons. The van der Waals surface area contributed by atoms with Gasteiger partial charge in [0.15, 0.2) is 0 Å². The van der Waals surface area contributed by atoms with Crippen molar-refractivity contribution in [3.63, 3.8) is 0 Å². The Morgan fingerprint density at radius 3 is 2.42 bits per heavy atom. The fraction of sp³-hybridized carbons (Fsp3) is 0.318. The van der Waals surface area contributed by atoms with Crippen molar-refractivity contribution >= 4 is 46.6 Å². The van der Waals surface area contributed by atoms with Gasteiger partial charge in [-0.1, -0.05) is 41.9 Å². The predicted octanol–water partition coefficient (Wildman–Crippen LogP) is 9.47. The summed E-state index contributed by atoms with van der Waals surface area (Å²) >= 11 is 7.69. The van der Waals surface area contributed by atoms with E-state index in [1.807, 2.05) is 47.4 Å². The molecule has 8 rings (SSSR count). The summed E-state index contributed by atoms with van der Waals surface area (Å²) in [5.74, 6) is -0.688. The van der Waals surface area contributed by atoms with Crippen LogP contribution in [0.15, 0.2) is 95.9 Å². The summed E-state index contributed by atoms with van der Waals surface area (Å²) in [6, 6.07) is 24.6. The number of phenolic OH excluding ortho intramolecular Hbond substituents is 1. The zero-order valence-corrected chi connectivity index (χ0v) is 33.0. The summed E-state index contributed by atoms with van der Waals surface area (Å²) in [5, 5.41) is 10.8. The van der Waals surface area contributed by atoms with E-state index in [0.29, 0.717) is 78.8 Å². The van der Waals surface area contributed by atoms with Crippen LogP contribution in [0.4, 0.5) is 24.5 Å². The third kappa shape index (κ3) is 7.80. The number of hydrogen-bond acceptors (Lipinski definition) is 6. The topological polar surface area (TPSA) is 78.2 Å². The van der Waals surface area contributed by atoms with E-state index < -0.39 is 17.6 Å². The number of fused-ring (bicyclic) bond motifs is 2. The van der Waals surface area contributed by atoms with Gasteiger partial charge in [0.25, 0.3) is 11.8 Å². The van der Waals surface area contributed by atoms with Crippen molar-refractivity contribution in [1.29, 1.82) is 0 Å². The van der Waals surface area contributed by atoms with Crippen molar-refractivity contribution in [2.24, 2.45) is 0 Å². The number of thioether (sulfide) groups is 1. The highest BCUT2D eigenvalue weighted by molar-refractivity contribution is 7.98. The van der Waals surface area contributed by atoms with Crippen molar-refractivity contribution < 1.29 is 32.6 Å². The third-order valence-electron chi connectivity index (χ3n) is 11.2. The van der Waals surface area contributed by atoms with Gasteiger partial charge in [0.1, 0.15) is 5.75 Å². The van der Waals surface area contributed by atoms with Gasteiger partial charge >= 0.3 is 6.18 Å². The number of phenols is 1. The van der Waals surface area contributed by atoms with Crippen LogP contribution in [-0.2, 0) is 36.8 Å². The molecule has 296 valence electrons. The summed E-state index contributed by atoms with van der Waals surface area (Å²) in [6.45, 7) is 4.49. The van der Waals surface area contributed by atoms with Gasteiger partial charge in [-0.15, -0.1) is 11.8 Å². The Kier molecular flexibility index (Phi) is 11.1. The lowest BCUT2D eigenvalue weighted by molar-refractivity contribution is -0.139. The van der Waals surface area contributed by atoms with Gasteiger partial charge in [0.05, 0.1) is 24.3 Å². The fourth-order valence-corrected chi connectivity index (χ4v) is 9.29. The molecule has 8 nitrogen and oxygen atoms in total. The maximum atomic E-state index is 15.0. The fourth-order valence-electron chi connectivity index (χ4n) is 8.42. The average Bonchev–Trinajstić information content (AvgIpc) is 3.61. The first-order chi connectivity index (χ1) is 27.5. The number of benzene rings is 4. The van der Waals surface area contributed by atoms with Crippen molar-refractivity contribution in [2.75, 3.05) is 44.0 Å². The number of aromatic nitrogens is 1. The molecule has 5 aromatic rings. The molecule has 1 saturated heterocycles. The number of alkyl halides is 3. The molecule has 1 fully saturated rings. The molecule has 0 bridgehead atoms. The molecular formula is C44H42ClF3N4O4S. The first-order valence-corrected chi connectivity index (χ1v) is 20.7. The number of carbonyl (C=O) groups is 2. The number of anilines is 2. The van der Waals surface area contributed by atoms with Gasteiger partial charge in [-0.25, -0.2) is 0 Å². The molecule has 0 saturated carbocycles. The Morgan fingerprint density at radius 2 is 1.67 bits per heavy atom. The number of ether oxygens (including phenoxy) is 1. The molecule has 57 heavy (non-hydrogen) atoms. The molecule has 1 aromatic heterocycles. The molecule has 3 aliphatic rings. The summed E-state index contributed by atoms with van der Waals surface area (Å²) in [5.41, 5.74) is 4.53. The summed E-state index contributed by atoms with van der Waals surface area (Å²) in [6.07, 6.45) is -0.208. The van der Waals surface area contributed by atoms with Crippen LogP contribution >= 0.6 is 23.4 Å². The molecule has 1 atom stereocenters. The van der Waals surface area contributed by atoms with Gasteiger partial charge in [-0.3, -0.25) is 19.4 Å². The number of nitrogens with zero attached hydrogens (tertiary/aromatic N) is 4. The normalized spacial score (nSPS) is 17.2. The summed E-state index contributed by atoms with van der Waals surface area (Å²) < 4.78 is 50.7. The van der Waals surface area contributed by atoms with Crippen molar-refractivity contribution in [1.82, 2.24) is 14.4 Å². The van der Waals surface area contributed by atoms with E-state index in [4.69, 9.17) is 16.3 Å². The minimum atomic E-state index is -4.65. The average molecular weight is 815 g/mol. The lowest BCUT2D eigenvalue weighted by Crippen LogP contribution is -2.52. The Morgan fingerprint density at radius 1 is 0.912 bits per heavy atom. The molecule has 4 heterocycles. The number of hydrogen-bond donors (Lipinski definition) is 1. The second kappa shape index (κ2) is 16.2. The van der Waals surface area contributed by atoms with Crippen LogP contribution < -0.4 is 4.90 Å². The van der Waals surface area contributed by atoms with E-state index in [0.717, 1.165) is 60.6 Å². The maximum Gasteiger partial charge on any atom is 0.417 e. The van der Waals surface area contributed by atoms with Gasteiger partial charge in [0.2, 0.25) is 0 Å². The van der Waals surface area contributed by atoms with Gasteiger partial charge < -0.3 is 19.3 Å². The molecule has 2 amide bonds. The second-order valence-electron chi connectivity index (χ2n) is 14.7. The zero-order chi connectivity index (χ0) is 39.8. The number of rotatable bonds is 8. The summed E-state index contributed by atoms with van der Waals surface area (Å²) in [7, 11) is 0. The summed E-state index contributed by atoms with van der Waals surface area (Å²) in [4.78, 5) is 35.5. The molecule has 1 N–H and O–H groups in total. The van der Waals surface area contributed by atoms with E-state index in [1.165, 1.54) is 41.3 Å². The maximum absolute atomic E-state index is 15.0. The van der Waals surface area contributed by atoms with Crippen LogP contribution in [0, 0.1) is 0 Å². The van der Waals surface area contributed by atoms with Crippen LogP contribution in [0.5, 0.6) is 5.75 Å². The van der Waals surface area contributed by atoms with E-state index in [-0.39, 0.29) is 28.3 Å². The molecule has 0 unspecified atom stereocenters. The van der Waals surface area contributed by atoms with Crippen molar-refractivity contribution in [2.45, 2.75) is 55.9 Å². The Hall–Kier alpha value is -4.75. The van der Waals surface area contributed by atoms with Gasteiger partial charge in [-0.05, 0) is 104 Å². The standard InChI is InChI=1S/C44H42ClF3N4O4S/c1-57-41-17-14-30(24-37(41)44(46,47)48)52(29-12-15-32(53)16-13-29)43(55)36-25-40(50-18-5-4-11-39(36)50)33-8-2-3-9-34(33)42(54)51-26-28-7-6-10-38(45)35(28)23-31(51)27-49-19-21-56-22-20-49/h2-3,6-10,12-17,24-25,31,53H,4-5,11,18-23,26-27H2,1H3/t31-/m0/s1. The minimum absolute atomic E-state index is 0.0421. The molecule has 0 spiro atoms. The highest BCUT2D eigenvalue weighted by Gasteiger charge is 2.37. The van der Waals surface area contributed by atoms with Crippen LogP contribution in [0.25, 0.3) is 11.3 Å². The number of aromatic hydroxyl groups is 1. The number of amides is 2. The lowest BCUT2D eigenvalue weighted by Gasteiger charge is -2.41. The SMILES string of the molecule is CSc1ccc(N(C(=O)c2cc(-c3ccccc3C(=O)N3Cc4cccc(Cl)c4C[C@H]3CN3CCOCC3)n3c2CCCC3)c2ccc(O)cc2)cc1C(F)(F)F.